The van der Waals surface area contributed by atoms with E-state index < -0.39 is 15.8 Å². The van der Waals surface area contributed by atoms with E-state index >= 15 is 0 Å². The van der Waals surface area contributed by atoms with Gasteiger partial charge in [0.25, 0.3) is 0 Å². The normalized spacial score (nSPS) is 11.0. The zero-order valence-corrected chi connectivity index (χ0v) is 10.5. The Morgan fingerprint density at radius 3 is 2.18 bits per heavy atom. The Labute approximate surface area is 99.3 Å². The fourth-order valence-corrected chi connectivity index (χ4v) is 2.05. The summed E-state index contributed by atoms with van der Waals surface area (Å²) in [6, 6.07) is 3.89. The van der Waals surface area contributed by atoms with Crippen molar-refractivity contribution in [1.82, 2.24) is 0 Å². The molecule has 0 fully saturated rings. The van der Waals surface area contributed by atoms with Crippen LogP contribution in [-0.4, -0.2) is 26.4 Å². The molecular weight excluding hydrogens is 244 g/mol. The maximum absolute atomic E-state index is 11.4. The van der Waals surface area contributed by atoms with E-state index in [2.05, 4.69) is 0 Å². The van der Waals surface area contributed by atoms with Gasteiger partial charge in [-0.3, -0.25) is 9.59 Å². The predicted octanol–water partition coefficient (Wildman–Crippen LogP) is 1.22. The molecule has 0 N–H and O–H groups in total. The van der Waals surface area contributed by atoms with E-state index in [4.69, 9.17) is 4.74 Å². The fourth-order valence-electron chi connectivity index (χ4n) is 1.27. The number of benzene rings is 1. The molecule has 5 nitrogen and oxygen atoms in total. The number of esters is 1. The summed E-state index contributed by atoms with van der Waals surface area (Å²) in [6.07, 6.45) is 1.00. The Bertz CT molecular complexity index is 572. The molecular formula is C11H12O5S. The smallest absolute Gasteiger partial charge is 0.308 e. The highest BCUT2D eigenvalue weighted by molar-refractivity contribution is 7.90. The van der Waals surface area contributed by atoms with E-state index in [0.29, 0.717) is 0 Å². The summed E-state index contributed by atoms with van der Waals surface area (Å²) < 4.78 is 27.7. The third-order valence-electron chi connectivity index (χ3n) is 2.00. The van der Waals surface area contributed by atoms with Crippen LogP contribution in [0.1, 0.15) is 24.2 Å². The number of rotatable bonds is 3. The minimum absolute atomic E-state index is 0.113. The van der Waals surface area contributed by atoms with Crippen LogP contribution >= 0.6 is 0 Å². The Balaban J connectivity index is 3.42. The minimum Gasteiger partial charge on any atom is -0.425 e. The molecule has 0 amide bonds. The van der Waals surface area contributed by atoms with Crippen molar-refractivity contribution in [3.05, 3.63) is 23.8 Å². The molecule has 0 unspecified atom stereocenters. The third kappa shape index (κ3) is 3.39. The number of Topliss-reactive ketones (excluding diaryl/α,β-unsaturated/α-hetero) is 1. The zero-order chi connectivity index (χ0) is 13.2. The number of hydrogen-bond acceptors (Lipinski definition) is 5. The van der Waals surface area contributed by atoms with Gasteiger partial charge in [-0.15, -0.1) is 0 Å². The van der Waals surface area contributed by atoms with Crippen molar-refractivity contribution in [3.63, 3.8) is 0 Å². The first-order valence-corrected chi connectivity index (χ1v) is 6.64. The highest BCUT2D eigenvalue weighted by Gasteiger charge is 2.17. The van der Waals surface area contributed by atoms with Crippen LogP contribution in [0.4, 0.5) is 0 Å². The van der Waals surface area contributed by atoms with Gasteiger partial charge in [-0.25, -0.2) is 8.42 Å². The van der Waals surface area contributed by atoms with Gasteiger partial charge >= 0.3 is 5.97 Å². The number of ether oxygens (including phenoxy) is 1. The maximum atomic E-state index is 11.4. The van der Waals surface area contributed by atoms with Gasteiger partial charge in [0.2, 0.25) is 0 Å². The van der Waals surface area contributed by atoms with E-state index in [1.807, 2.05) is 0 Å². The Morgan fingerprint density at radius 2 is 1.76 bits per heavy atom. The molecule has 0 atom stereocenters. The Hall–Kier alpha value is -1.69. The standard InChI is InChI=1S/C11H12O5S/c1-7(12)9-4-5-11(17(3,14)15)10(6-9)16-8(2)13/h4-6H,1-3H3. The van der Waals surface area contributed by atoms with E-state index in [-0.39, 0.29) is 22.0 Å². The number of carbonyl (C=O) groups is 2. The molecule has 17 heavy (non-hydrogen) atoms. The van der Waals surface area contributed by atoms with Crippen molar-refractivity contribution in [2.45, 2.75) is 18.7 Å². The largest absolute Gasteiger partial charge is 0.425 e. The van der Waals surface area contributed by atoms with Crippen molar-refractivity contribution in [2.24, 2.45) is 0 Å². The second-order valence-corrected chi connectivity index (χ2v) is 5.57. The van der Waals surface area contributed by atoms with E-state index in [0.717, 1.165) is 13.2 Å². The van der Waals surface area contributed by atoms with Crippen LogP contribution in [0.15, 0.2) is 23.1 Å². The molecule has 0 aliphatic heterocycles. The summed E-state index contributed by atoms with van der Waals surface area (Å²) in [6.45, 7) is 2.50. The van der Waals surface area contributed by atoms with Crippen LogP contribution < -0.4 is 4.74 Å². The number of hydrogen-bond donors (Lipinski definition) is 0. The number of carbonyl (C=O) groups excluding carboxylic acids is 2. The molecule has 0 radical (unpaired) electrons. The summed E-state index contributed by atoms with van der Waals surface area (Å²) in [4.78, 5) is 21.9. The van der Waals surface area contributed by atoms with Gasteiger partial charge < -0.3 is 4.74 Å². The summed E-state index contributed by atoms with van der Waals surface area (Å²) >= 11 is 0. The monoisotopic (exact) mass is 256 g/mol. The third-order valence-corrected chi connectivity index (χ3v) is 3.14. The molecule has 0 aliphatic rings. The van der Waals surface area contributed by atoms with Crippen LogP contribution in [0, 0.1) is 0 Å². The van der Waals surface area contributed by atoms with Crippen LogP contribution in [0.25, 0.3) is 0 Å². The summed E-state index contributed by atoms with van der Waals surface area (Å²) in [5, 5.41) is 0. The molecule has 6 heteroatoms. The summed E-state index contributed by atoms with van der Waals surface area (Å²) in [5.41, 5.74) is 0.286. The van der Waals surface area contributed by atoms with Crippen molar-refractivity contribution in [3.8, 4) is 5.75 Å². The average molecular weight is 256 g/mol. The Kier molecular flexibility index (Phi) is 3.67. The SMILES string of the molecule is CC(=O)Oc1cc(C(C)=O)ccc1S(C)(=O)=O. The van der Waals surface area contributed by atoms with Gasteiger partial charge in [-0.1, -0.05) is 0 Å². The zero-order valence-electron chi connectivity index (χ0n) is 9.68. The van der Waals surface area contributed by atoms with Crippen LogP contribution in [0.5, 0.6) is 5.75 Å². The maximum Gasteiger partial charge on any atom is 0.308 e. The van der Waals surface area contributed by atoms with E-state index in [1.165, 1.54) is 25.1 Å². The first kappa shape index (κ1) is 13.4. The molecule has 0 saturated carbocycles. The molecule has 1 aromatic rings. The van der Waals surface area contributed by atoms with Crippen LogP contribution in [-0.2, 0) is 14.6 Å². The highest BCUT2D eigenvalue weighted by atomic mass is 32.2. The lowest BCUT2D eigenvalue weighted by atomic mass is 10.1. The Morgan fingerprint density at radius 1 is 1.18 bits per heavy atom. The van der Waals surface area contributed by atoms with E-state index in [1.54, 1.807) is 0 Å². The number of sulfone groups is 1. The quantitative estimate of drug-likeness (QED) is 0.461. The molecule has 0 aliphatic carbocycles. The molecule has 0 spiro atoms. The van der Waals surface area contributed by atoms with Gasteiger partial charge in [-0.2, -0.15) is 0 Å². The lowest BCUT2D eigenvalue weighted by molar-refractivity contribution is -0.132. The molecule has 1 aromatic carbocycles. The van der Waals surface area contributed by atoms with Crippen LogP contribution in [0.3, 0.4) is 0 Å². The fraction of sp³-hybridized carbons (Fsp3) is 0.273. The second-order valence-electron chi connectivity index (χ2n) is 3.58. The summed E-state index contributed by atoms with van der Waals surface area (Å²) in [7, 11) is -3.51. The van der Waals surface area contributed by atoms with Crippen molar-refractivity contribution >= 4 is 21.6 Å². The summed E-state index contributed by atoms with van der Waals surface area (Å²) in [5.74, 6) is -0.998. The first-order chi connectivity index (χ1) is 7.71. The lowest BCUT2D eigenvalue weighted by Gasteiger charge is -2.08. The second kappa shape index (κ2) is 4.67. The molecule has 92 valence electrons. The highest BCUT2D eigenvalue weighted by Crippen LogP contribution is 2.25. The average Bonchev–Trinajstić information content (AvgIpc) is 2.14. The van der Waals surface area contributed by atoms with Gasteiger partial charge in [-0.05, 0) is 25.1 Å². The van der Waals surface area contributed by atoms with Crippen LogP contribution in [0.2, 0.25) is 0 Å². The molecule has 1 rings (SSSR count). The van der Waals surface area contributed by atoms with Gasteiger partial charge in [0.05, 0.1) is 0 Å². The molecule has 0 bridgehead atoms. The van der Waals surface area contributed by atoms with Gasteiger partial charge in [0, 0.05) is 18.7 Å². The molecule has 0 saturated heterocycles. The van der Waals surface area contributed by atoms with Crippen molar-refractivity contribution in [1.29, 1.82) is 0 Å². The van der Waals surface area contributed by atoms with Crippen molar-refractivity contribution < 1.29 is 22.7 Å². The molecule has 0 aromatic heterocycles. The topological polar surface area (TPSA) is 77.5 Å². The number of ketones is 1. The minimum atomic E-state index is -3.51. The van der Waals surface area contributed by atoms with Crippen molar-refractivity contribution in [2.75, 3.05) is 6.26 Å². The van der Waals surface area contributed by atoms with Gasteiger partial charge in [0.1, 0.15) is 10.6 Å². The molecule has 0 heterocycles. The lowest BCUT2D eigenvalue weighted by Crippen LogP contribution is -2.08. The van der Waals surface area contributed by atoms with E-state index in [9.17, 15) is 18.0 Å². The first-order valence-electron chi connectivity index (χ1n) is 4.75. The predicted molar refractivity (Wildman–Crippen MR) is 60.9 cm³/mol. The van der Waals surface area contributed by atoms with Gasteiger partial charge in [0.15, 0.2) is 15.6 Å².